The molecule has 2 N–H and O–H groups in total. The lowest BCUT2D eigenvalue weighted by Crippen LogP contribution is -2.43. The normalized spacial score (nSPS) is 22.9. The van der Waals surface area contributed by atoms with Crippen molar-refractivity contribution in [2.45, 2.75) is 77.3 Å². The Morgan fingerprint density at radius 2 is 1.85 bits per heavy atom. The maximum atomic E-state index is 9.37. The van der Waals surface area contributed by atoms with Gasteiger partial charge in [-0.25, -0.2) is 0 Å². The largest absolute Gasteiger partial charge is 0.394 e. The smallest absolute Gasteiger partial charge is 0.0610 e. The highest BCUT2D eigenvalue weighted by atomic mass is 16.3. The van der Waals surface area contributed by atoms with Crippen LogP contribution in [0.2, 0.25) is 0 Å². The quantitative estimate of drug-likeness (QED) is 0.673. The van der Waals surface area contributed by atoms with Crippen molar-refractivity contribution in [2.24, 2.45) is 5.41 Å². The SMILES string of the molecule is CNC(C)(CO)CCCCN(C)C1CCC(C)(C)CC1. The molecule has 1 unspecified atom stereocenters. The number of aliphatic hydroxyl groups is 1. The molecule has 1 aliphatic carbocycles. The molecule has 0 spiro atoms. The number of hydrogen-bond acceptors (Lipinski definition) is 3. The van der Waals surface area contributed by atoms with Crippen molar-refractivity contribution in [3.63, 3.8) is 0 Å². The van der Waals surface area contributed by atoms with Crippen molar-refractivity contribution in [1.82, 2.24) is 10.2 Å². The molecule has 1 fully saturated rings. The molecule has 0 bridgehead atoms. The Labute approximate surface area is 126 Å². The molecule has 0 aromatic carbocycles. The van der Waals surface area contributed by atoms with Crippen LogP contribution in [0, 0.1) is 5.41 Å². The minimum atomic E-state index is -0.104. The van der Waals surface area contributed by atoms with Gasteiger partial charge in [-0.3, -0.25) is 0 Å². The molecule has 0 saturated heterocycles. The Hall–Kier alpha value is -0.120. The van der Waals surface area contributed by atoms with E-state index in [9.17, 15) is 5.11 Å². The summed E-state index contributed by atoms with van der Waals surface area (Å²) in [6, 6.07) is 0.788. The third kappa shape index (κ3) is 5.71. The highest BCUT2D eigenvalue weighted by molar-refractivity contribution is 4.83. The van der Waals surface area contributed by atoms with Crippen LogP contribution in [0.1, 0.15) is 65.7 Å². The van der Waals surface area contributed by atoms with Gasteiger partial charge in [-0.1, -0.05) is 20.3 Å². The van der Waals surface area contributed by atoms with Crippen LogP contribution in [0.25, 0.3) is 0 Å². The van der Waals surface area contributed by atoms with Crippen molar-refractivity contribution in [3.8, 4) is 0 Å². The van der Waals surface area contributed by atoms with Crippen LogP contribution in [-0.2, 0) is 0 Å². The summed E-state index contributed by atoms with van der Waals surface area (Å²) in [6.07, 6.45) is 8.90. The van der Waals surface area contributed by atoms with Gasteiger partial charge in [0, 0.05) is 11.6 Å². The zero-order valence-corrected chi connectivity index (χ0v) is 14.3. The number of likely N-dealkylation sites (N-methyl/N-ethyl adjacent to an activating group) is 1. The number of aliphatic hydroxyl groups excluding tert-OH is 1. The third-order valence-electron chi connectivity index (χ3n) is 5.37. The van der Waals surface area contributed by atoms with Crippen LogP contribution < -0.4 is 5.32 Å². The predicted octanol–water partition coefficient (Wildman–Crippen LogP) is 3.03. The maximum Gasteiger partial charge on any atom is 0.0610 e. The fourth-order valence-corrected chi connectivity index (χ4v) is 3.17. The van der Waals surface area contributed by atoms with Gasteiger partial charge in [0.2, 0.25) is 0 Å². The second-order valence-corrected chi connectivity index (χ2v) is 7.80. The van der Waals surface area contributed by atoms with E-state index in [0.717, 1.165) is 12.5 Å². The third-order valence-corrected chi connectivity index (χ3v) is 5.37. The van der Waals surface area contributed by atoms with Crippen molar-refractivity contribution in [1.29, 1.82) is 0 Å². The molecule has 1 aliphatic rings. The minimum absolute atomic E-state index is 0.104. The summed E-state index contributed by atoms with van der Waals surface area (Å²) in [7, 11) is 4.22. The molecule has 0 aliphatic heterocycles. The van der Waals surface area contributed by atoms with Gasteiger partial charge in [-0.05, 0) is 71.5 Å². The Morgan fingerprint density at radius 1 is 1.25 bits per heavy atom. The standard InChI is InChI=1S/C17H36N2O/c1-16(2)11-8-15(9-12-16)19(5)13-7-6-10-17(3,14-20)18-4/h15,18,20H,6-14H2,1-5H3. The molecule has 0 aromatic rings. The maximum absolute atomic E-state index is 9.37. The molecular weight excluding hydrogens is 248 g/mol. The average molecular weight is 284 g/mol. The van der Waals surface area contributed by atoms with E-state index in [1.54, 1.807) is 0 Å². The predicted molar refractivity (Wildman–Crippen MR) is 87.1 cm³/mol. The van der Waals surface area contributed by atoms with Crippen molar-refractivity contribution >= 4 is 0 Å². The van der Waals surface area contributed by atoms with Gasteiger partial charge in [0.1, 0.15) is 0 Å². The summed E-state index contributed by atoms with van der Waals surface area (Å²) in [5.74, 6) is 0. The van der Waals surface area contributed by atoms with E-state index >= 15 is 0 Å². The lowest BCUT2D eigenvalue weighted by molar-refractivity contribution is 0.123. The zero-order valence-electron chi connectivity index (χ0n) is 14.3. The zero-order chi connectivity index (χ0) is 15.2. The number of nitrogens with one attached hydrogen (secondary N) is 1. The average Bonchev–Trinajstić information content (AvgIpc) is 2.43. The molecule has 0 heterocycles. The second-order valence-electron chi connectivity index (χ2n) is 7.80. The summed E-state index contributed by atoms with van der Waals surface area (Å²) in [5, 5.41) is 12.6. The van der Waals surface area contributed by atoms with E-state index < -0.39 is 0 Å². The Bertz CT molecular complexity index is 264. The molecule has 0 aromatic heterocycles. The van der Waals surface area contributed by atoms with Crippen LogP contribution in [0.4, 0.5) is 0 Å². The minimum Gasteiger partial charge on any atom is -0.394 e. The van der Waals surface area contributed by atoms with E-state index in [-0.39, 0.29) is 12.1 Å². The summed E-state index contributed by atoms with van der Waals surface area (Å²) in [5.41, 5.74) is 0.459. The second kappa shape index (κ2) is 7.77. The lowest BCUT2D eigenvalue weighted by atomic mass is 9.75. The van der Waals surface area contributed by atoms with Gasteiger partial charge < -0.3 is 15.3 Å². The van der Waals surface area contributed by atoms with Crippen LogP contribution in [0.3, 0.4) is 0 Å². The van der Waals surface area contributed by atoms with Crippen molar-refractivity contribution < 1.29 is 5.11 Å². The van der Waals surface area contributed by atoms with Crippen LogP contribution >= 0.6 is 0 Å². The Morgan fingerprint density at radius 3 is 2.35 bits per heavy atom. The summed E-state index contributed by atoms with van der Waals surface area (Å²) in [4.78, 5) is 2.56. The Balaban J connectivity index is 2.19. The molecule has 1 atom stereocenters. The van der Waals surface area contributed by atoms with E-state index in [4.69, 9.17) is 0 Å². The number of hydrogen-bond donors (Lipinski definition) is 2. The topological polar surface area (TPSA) is 35.5 Å². The van der Waals surface area contributed by atoms with Gasteiger partial charge in [0.25, 0.3) is 0 Å². The number of rotatable bonds is 8. The summed E-state index contributed by atoms with van der Waals surface area (Å²) >= 11 is 0. The van der Waals surface area contributed by atoms with Crippen molar-refractivity contribution in [3.05, 3.63) is 0 Å². The van der Waals surface area contributed by atoms with Gasteiger partial charge in [-0.15, -0.1) is 0 Å². The summed E-state index contributed by atoms with van der Waals surface area (Å²) < 4.78 is 0. The molecular formula is C17H36N2O. The fraction of sp³-hybridized carbons (Fsp3) is 1.00. The lowest BCUT2D eigenvalue weighted by Gasteiger charge is -2.38. The number of unbranched alkanes of at least 4 members (excludes halogenated alkanes) is 1. The highest BCUT2D eigenvalue weighted by Gasteiger charge is 2.28. The molecule has 1 rings (SSSR count). The van der Waals surface area contributed by atoms with E-state index in [1.165, 1.54) is 45.1 Å². The monoisotopic (exact) mass is 284 g/mol. The first-order chi connectivity index (χ1) is 9.32. The molecule has 1 saturated carbocycles. The van der Waals surface area contributed by atoms with Gasteiger partial charge in [-0.2, -0.15) is 0 Å². The highest BCUT2D eigenvalue weighted by Crippen LogP contribution is 2.36. The number of nitrogens with zero attached hydrogens (tertiary/aromatic N) is 1. The fourth-order valence-electron chi connectivity index (χ4n) is 3.17. The molecule has 120 valence electrons. The first kappa shape index (κ1) is 17.9. The van der Waals surface area contributed by atoms with E-state index in [1.807, 2.05) is 7.05 Å². The molecule has 3 nitrogen and oxygen atoms in total. The first-order valence-corrected chi connectivity index (χ1v) is 8.32. The van der Waals surface area contributed by atoms with Gasteiger partial charge >= 0.3 is 0 Å². The molecule has 20 heavy (non-hydrogen) atoms. The molecule has 3 heteroatoms. The van der Waals surface area contributed by atoms with Crippen molar-refractivity contribution in [2.75, 3.05) is 27.2 Å². The van der Waals surface area contributed by atoms with Gasteiger partial charge in [0.05, 0.1) is 6.61 Å². The molecule has 0 radical (unpaired) electrons. The molecule has 0 amide bonds. The first-order valence-electron chi connectivity index (χ1n) is 8.32. The Kier molecular flexibility index (Phi) is 6.96. The summed E-state index contributed by atoms with van der Waals surface area (Å²) in [6.45, 7) is 8.31. The van der Waals surface area contributed by atoms with Crippen LogP contribution in [0.15, 0.2) is 0 Å². The van der Waals surface area contributed by atoms with E-state index in [2.05, 4.69) is 38.0 Å². The van der Waals surface area contributed by atoms with E-state index in [0.29, 0.717) is 5.41 Å². The van der Waals surface area contributed by atoms with Crippen LogP contribution in [0.5, 0.6) is 0 Å². The van der Waals surface area contributed by atoms with Gasteiger partial charge in [0.15, 0.2) is 0 Å². The van der Waals surface area contributed by atoms with Crippen LogP contribution in [-0.4, -0.2) is 48.8 Å².